The molecule has 0 radical (unpaired) electrons. The number of unbranched alkanes of at least 4 members (excludes halogenated alkanes) is 1. The number of nitrogens with one attached hydrogen (secondary N) is 1. The number of aliphatic hydroxyl groups excluding tert-OH is 1. The number of hydrogen-bond acceptors (Lipinski definition) is 10. The minimum Gasteiger partial charge on any atom is -0.497 e. The molecule has 3 N–H and O–H groups in total. The van der Waals surface area contributed by atoms with E-state index in [2.05, 4.69) is 4.98 Å². The Morgan fingerprint density at radius 1 is 1.34 bits per heavy atom. The van der Waals surface area contributed by atoms with Crippen LogP contribution in [0.4, 0.5) is 5.69 Å². The average Bonchev–Trinajstić information content (AvgIpc) is 3.27. The van der Waals surface area contributed by atoms with E-state index in [9.17, 15) is 29.7 Å². The first kappa shape index (κ1) is 33.1. The second-order valence-electron chi connectivity index (χ2n) is 10.9. The predicted molar refractivity (Wildman–Crippen MR) is 155 cm³/mol. The largest absolute Gasteiger partial charge is 0.497 e. The number of H-pyrrole nitrogens is 1. The maximum absolute atomic E-state index is 12.7. The minimum absolute atomic E-state index is 0.0270. The fourth-order valence-corrected chi connectivity index (χ4v) is 5.16. The summed E-state index contributed by atoms with van der Waals surface area (Å²) in [7, 11) is 1.46. The second-order valence-corrected chi connectivity index (χ2v) is 15.0. The maximum atomic E-state index is 12.7. The minimum atomic E-state index is -3.18. The predicted octanol–water partition coefficient (Wildman–Crippen LogP) is 3.67. The summed E-state index contributed by atoms with van der Waals surface area (Å²) in [4.78, 5) is 49.3. The number of benzene rings is 1. The molecule has 3 rings (SSSR count). The Bertz CT molecular complexity index is 1390. The van der Waals surface area contributed by atoms with Gasteiger partial charge in [0.05, 0.1) is 48.6 Å². The van der Waals surface area contributed by atoms with Gasteiger partial charge in [-0.1, -0.05) is 40.5 Å². The van der Waals surface area contributed by atoms with E-state index in [1.165, 1.54) is 25.4 Å². The van der Waals surface area contributed by atoms with Crippen molar-refractivity contribution in [2.75, 3.05) is 13.7 Å². The smallest absolute Gasteiger partial charge is 0.330 e. The summed E-state index contributed by atoms with van der Waals surface area (Å²) in [6.45, 7) is 3.64. The molecule has 228 valence electrons. The van der Waals surface area contributed by atoms with E-state index in [1.807, 2.05) is 6.92 Å². The molecule has 1 aromatic carbocycles. The van der Waals surface area contributed by atoms with E-state index < -0.39 is 52.4 Å². The number of nitrogens with zero attached hydrogens (tertiary/aromatic N) is 2. The summed E-state index contributed by atoms with van der Waals surface area (Å²) < 4.78 is 23.9. The van der Waals surface area contributed by atoms with Crippen molar-refractivity contribution >= 4 is 24.0 Å². The molecule has 41 heavy (non-hydrogen) atoms. The zero-order valence-electron chi connectivity index (χ0n) is 23.8. The first-order valence-electron chi connectivity index (χ1n) is 13.3. The molecule has 5 atom stereocenters. The molecule has 15 heteroatoms. The van der Waals surface area contributed by atoms with E-state index >= 15 is 0 Å². The third kappa shape index (κ3) is 8.10. The summed E-state index contributed by atoms with van der Waals surface area (Å²) in [6, 6.07) is 4.39. The van der Waals surface area contributed by atoms with Crippen LogP contribution in [-0.2, 0) is 32.4 Å². The molecule has 1 aromatic heterocycles. The van der Waals surface area contributed by atoms with E-state index in [0.717, 1.165) is 11.0 Å². The Hall–Kier alpha value is -2.45. The van der Waals surface area contributed by atoms with Gasteiger partial charge in [0.15, 0.2) is 6.49 Å². The Morgan fingerprint density at radius 2 is 2.05 bits per heavy atom. The first-order valence-corrected chi connectivity index (χ1v) is 15.9. The molecule has 2 aromatic rings. The van der Waals surface area contributed by atoms with Crippen LogP contribution in [0.5, 0.6) is 5.75 Å². The highest BCUT2D eigenvalue weighted by Crippen LogP contribution is 2.55. The van der Waals surface area contributed by atoms with Crippen LogP contribution in [0.1, 0.15) is 76.8 Å². The van der Waals surface area contributed by atoms with Gasteiger partial charge in [-0.25, -0.2) is 4.79 Å². The number of hydrogen-bond donors (Lipinski definition) is 3. The van der Waals surface area contributed by atoms with Crippen molar-refractivity contribution < 1.29 is 33.7 Å². The number of rotatable bonds is 13. The highest BCUT2D eigenvalue weighted by atomic mass is 32.5. The van der Waals surface area contributed by atoms with Gasteiger partial charge in [0.2, 0.25) is 0 Å². The molecule has 1 aliphatic rings. The molecule has 0 aliphatic carbocycles. The van der Waals surface area contributed by atoms with Gasteiger partial charge in [0.1, 0.15) is 18.1 Å². The van der Waals surface area contributed by atoms with Crippen LogP contribution < -0.4 is 16.0 Å². The summed E-state index contributed by atoms with van der Waals surface area (Å²) in [5.41, 5.74) is -1.14. The number of aromatic nitrogens is 2. The SMILES string of the molecule is CCCC[C@H](OCc1cn([C@H]2C[C@@H](O)C(COP(O)(=S)C(C)(C)C)O2)c(=O)[nH]c1=O)c1cc(OC)ccc1[N+](=O)[O-]. The Labute approximate surface area is 242 Å². The lowest BCUT2D eigenvalue weighted by Crippen LogP contribution is -2.34. The van der Waals surface area contributed by atoms with Gasteiger partial charge in [-0.15, -0.1) is 0 Å². The number of aliphatic hydroxyl groups is 1. The first-order chi connectivity index (χ1) is 19.2. The van der Waals surface area contributed by atoms with Gasteiger partial charge in [-0.3, -0.25) is 24.5 Å². The van der Waals surface area contributed by atoms with Crippen molar-refractivity contribution in [3.05, 3.63) is 66.5 Å². The van der Waals surface area contributed by atoms with E-state index in [1.54, 1.807) is 26.8 Å². The van der Waals surface area contributed by atoms with Crippen LogP contribution in [-0.4, -0.2) is 55.6 Å². The van der Waals surface area contributed by atoms with Crippen LogP contribution in [0, 0.1) is 10.1 Å². The third-order valence-electron chi connectivity index (χ3n) is 6.86. The molecule has 0 spiro atoms. The third-order valence-corrected chi connectivity index (χ3v) is 11.0. The second kappa shape index (κ2) is 13.7. The van der Waals surface area contributed by atoms with E-state index in [0.29, 0.717) is 24.2 Å². The van der Waals surface area contributed by atoms with Crippen LogP contribution in [0.2, 0.25) is 0 Å². The zero-order valence-corrected chi connectivity index (χ0v) is 25.5. The molecule has 1 fully saturated rings. The topological polar surface area (TPSA) is 175 Å². The highest BCUT2D eigenvalue weighted by molar-refractivity contribution is 8.10. The number of ether oxygens (including phenoxy) is 3. The van der Waals surface area contributed by atoms with Crippen LogP contribution >= 0.6 is 6.49 Å². The Kier molecular flexibility index (Phi) is 11.0. The highest BCUT2D eigenvalue weighted by Gasteiger charge is 2.39. The van der Waals surface area contributed by atoms with Crippen molar-refractivity contribution in [1.82, 2.24) is 9.55 Å². The van der Waals surface area contributed by atoms with Gasteiger partial charge in [-0.2, -0.15) is 0 Å². The van der Waals surface area contributed by atoms with Crippen molar-refractivity contribution in [1.29, 1.82) is 0 Å². The van der Waals surface area contributed by atoms with Crippen LogP contribution in [0.25, 0.3) is 0 Å². The molecule has 0 amide bonds. The number of aromatic amines is 1. The molecule has 2 heterocycles. The molecular weight excluding hydrogens is 577 g/mol. The Balaban J connectivity index is 1.82. The molecule has 0 saturated carbocycles. The number of nitro groups is 1. The summed E-state index contributed by atoms with van der Waals surface area (Å²) in [5.74, 6) is 0.427. The Morgan fingerprint density at radius 3 is 2.66 bits per heavy atom. The standard InChI is InChI=1S/C26H38N3O10PS/c1-6-7-8-21(18-11-17(36-5)9-10-19(18)29(33)34)37-14-16-13-28(25(32)27-24(16)31)23-12-20(30)22(39-23)15-38-40(35,41)26(2,3)4/h9-11,13,20-23,30H,6-8,12,14-15H2,1-5H3,(H,35,41)(H,27,31,32)/t20-,21+,22?,23-,40?/m1/s1. The zero-order chi connectivity index (χ0) is 30.5. The van der Waals surface area contributed by atoms with Crippen LogP contribution in [0.3, 0.4) is 0 Å². The van der Waals surface area contributed by atoms with Crippen molar-refractivity contribution in [3.63, 3.8) is 0 Å². The average molecular weight is 616 g/mol. The monoisotopic (exact) mass is 615 g/mol. The van der Waals surface area contributed by atoms with Crippen molar-refractivity contribution in [3.8, 4) is 5.75 Å². The molecule has 2 unspecified atom stereocenters. The fourth-order valence-electron chi connectivity index (χ4n) is 4.24. The fraction of sp³-hybridized carbons (Fsp3) is 0.615. The van der Waals surface area contributed by atoms with E-state index in [-0.39, 0.29) is 30.9 Å². The summed E-state index contributed by atoms with van der Waals surface area (Å²) in [5, 5.41) is 21.6. The van der Waals surface area contributed by atoms with Gasteiger partial charge in [-0.05, 0) is 30.4 Å². The van der Waals surface area contributed by atoms with Gasteiger partial charge >= 0.3 is 5.69 Å². The summed E-state index contributed by atoms with van der Waals surface area (Å²) >= 11 is 5.23. The lowest BCUT2D eigenvalue weighted by atomic mass is 10.0. The normalized spacial score (nSPS) is 21.4. The lowest BCUT2D eigenvalue weighted by molar-refractivity contribution is -0.386. The molecule has 0 bridgehead atoms. The van der Waals surface area contributed by atoms with Crippen molar-refractivity contribution in [2.24, 2.45) is 0 Å². The summed E-state index contributed by atoms with van der Waals surface area (Å²) in [6.07, 6.45) is -0.220. The molecule has 1 saturated heterocycles. The van der Waals surface area contributed by atoms with Crippen molar-refractivity contribution in [2.45, 2.75) is 89.7 Å². The number of methoxy groups -OCH3 is 1. The molecular formula is C26H38N3O10PS. The van der Waals surface area contributed by atoms with Gasteiger partial charge in [0.25, 0.3) is 11.2 Å². The van der Waals surface area contributed by atoms with Crippen LogP contribution in [0.15, 0.2) is 34.0 Å². The maximum Gasteiger partial charge on any atom is 0.330 e. The van der Waals surface area contributed by atoms with Gasteiger partial charge < -0.3 is 28.7 Å². The number of nitro benzene ring substituents is 1. The van der Waals surface area contributed by atoms with Gasteiger partial charge in [0, 0.05) is 23.8 Å². The molecule has 1 aliphatic heterocycles. The van der Waals surface area contributed by atoms with E-state index in [4.69, 9.17) is 30.5 Å². The quantitative estimate of drug-likeness (QED) is 0.170. The molecule has 13 nitrogen and oxygen atoms in total. The lowest BCUT2D eigenvalue weighted by Gasteiger charge is -2.30.